The van der Waals surface area contributed by atoms with Crippen LogP contribution in [0.3, 0.4) is 0 Å². The van der Waals surface area contributed by atoms with Crippen LogP contribution in [0.2, 0.25) is 0 Å². The van der Waals surface area contributed by atoms with E-state index in [9.17, 15) is 9.59 Å². The first kappa shape index (κ1) is 14.8. The number of hydrogen-bond donors (Lipinski definition) is 1. The molecule has 0 bridgehead atoms. The molecule has 0 aromatic rings. The summed E-state index contributed by atoms with van der Waals surface area (Å²) in [5.74, 6) is 0.186. The van der Waals surface area contributed by atoms with Crippen LogP contribution in [0.4, 0.5) is 0 Å². The first-order valence-corrected chi connectivity index (χ1v) is 8.52. The molecule has 3 atom stereocenters. The van der Waals surface area contributed by atoms with E-state index in [2.05, 4.69) is 17.1 Å². The Kier molecular flexibility index (Phi) is 4.20. The van der Waals surface area contributed by atoms with E-state index >= 15 is 0 Å². The Hall–Kier alpha value is -1.10. The Morgan fingerprint density at radius 1 is 1.14 bits per heavy atom. The van der Waals surface area contributed by atoms with E-state index in [1.54, 1.807) is 0 Å². The number of hydrogen-bond acceptors (Lipinski definition) is 3. The number of likely N-dealkylation sites (tertiary alicyclic amines) is 1. The molecule has 1 saturated carbocycles. The van der Waals surface area contributed by atoms with E-state index in [-0.39, 0.29) is 29.9 Å². The Morgan fingerprint density at radius 3 is 2.52 bits per heavy atom. The van der Waals surface area contributed by atoms with Gasteiger partial charge < -0.3 is 10.2 Å². The number of rotatable bonds is 5. The summed E-state index contributed by atoms with van der Waals surface area (Å²) < 4.78 is 0. The van der Waals surface area contributed by atoms with E-state index in [1.807, 2.05) is 11.8 Å². The molecule has 3 unspecified atom stereocenters. The first-order chi connectivity index (χ1) is 10.2. The van der Waals surface area contributed by atoms with Gasteiger partial charge in [0.15, 0.2) is 0 Å². The average Bonchev–Trinajstić information content (AvgIpc) is 3.21. The van der Waals surface area contributed by atoms with Crippen molar-refractivity contribution in [3.05, 3.63) is 0 Å². The van der Waals surface area contributed by atoms with Crippen molar-refractivity contribution in [2.45, 2.75) is 76.5 Å². The highest BCUT2D eigenvalue weighted by Gasteiger charge is 2.45. The highest BCUT2D eigenvalue weighted by atomic mass is 16.2. The zero-order valence-corrected chi connectivity index (χ0v) is 13.2. The standard InChI is InChI=1S/C16H27N3O2/c1-3-5-13-16(21)19(14(4-2)15(20)17-13)12-8-9-18(10-12)11-6-7-11/h11-14H,3-10H2,1-2H3,(H,17,20). The van der Waals surface area contributed by atoms with Gasteiger partial charge in [-0.3, -0.25) is 14.5 Å². The molecule has 2 saturated heterocycles. The molecule has 2 aliphatic heterocycles. The Labute approximate surface area is 127 Å². The summed E-state index contributed by atoms with van der Waals surface area (Å²) in [6.07, 6.45) is 5.99. The molecule has 0 aromatic heterocycles. The maximum atomic E-state index is 12.8. The fraction of sp³-hybridized carbons (Fsp3) is 0.875. The second kappa shape index (κ2) is 5.95. The minimum Gasteiger partial charge on any atom is -0.343 e. The molecule has 0 aromatic carbocycles. The van der Waals surface area contributed by atoms with Gasteiger partial charge in [-0.25, -0.2) is 0 Å². The van der Waals surface area contributed by atoms with Crippen molar-refractivity contribution in [2.24, 2.45) is 0 Å². The highest BCUT2D eigenvalue weighted by molar-refractivity contribution is 5.97. The summed E-state index contributed by atoms with van der Waals surface area (Å²) in [5, 5.41) is 2.92. The molecule has 3 aliphatic rings. The number of nitrogens with one attached hydrogen (secondary N) is 1. The lowest BCUT2D eigenvalue weighted by Crippen LogP contribution is -2.65. The van der Waals surface area contributed by atoms with Crippen molar-refractivity contribution in [2.75, 3.05) is 13.1 Å². The molecule has 1 N–H and O–H groups in total. The van der Waals surface area contributed by atoms with Crippen molar-refractivity contribution in [3.63, 3.8) is 0 Å². The number of carbonyl (C=O) groups is 2. The minimum atomic E-state index is -0.305. The van der Waals surface area contributed by atoms with E-state index in [0.717, 1.165) is 38.4 Å². The van der Waals surface area contributed by atoms with E-state index in [0.29, 0.717) is 6.42 Å². The largest absolute Gasteiger partial charge is 0.343 e. The van der Waals surface area contributed by atoms with Crippen LogP contribution < -0.4 is 5.32 Å². The molecule has 1 aliphatic carbocycles. The predicted octanol–water partition coefficient (Wildman–Crippen LogP) is 1.13. The van der Waals surface area contributed by atoms with Crippen LogP contribution in [0.5, 0.6) is 0 Å². The molecule has 5 heteroatoms. The number of carbonyl (C=O) groups excluding carboxylic acids is 2. The Balaban J connectivity index is 1.75. The van der Waals surface area contributed by atoms with Gasteiger partial charge in [0, 0.05) is 25.2 Å². The summed E-state index contributed by atoms with van der Waals surface area (Å²) in [4.78, 5) is 29.6. The molecule has 0 spiro atoms. The van der Waals surface area contributed by atoms with Gasteiger partial charge in [-0.2, -0.15) is 0 Å². The summed E-state index contributed by atoms with van der Waals surface area (Å²) in [7, 11) is 0. The maximum Gasteiger partial charge on any atom is 0.246 e. The van der Waals surface area contributed by atoms with Gasteiger partial charge in [0.1, 0.15) is 12.1 Å². The average molecular weight is 293 g/mol. The van der Waals surface area contributed by atoms with Gasteiger partial charge in [0.25, 0.3) is 0 Å². The molecule has 2 heterocycles. The minimum absolute atomic E-state index is 0.0421. The fourth-order valence-corrected chi connectivity index (χ4v) is 3.86. The highest BCUT2D eigenvalue weighted by Crippen LogP contribution is 2.32. The van der Waals surface area contributed by atoms with Crippen molar-refractivity contribution >= 4 is 11.8 Å². The van der Waals surface area contributed by atoms with Crippen molar-refractivity contribution in [1.82, 2.24) is 15.1 Å². The molecular formula is C16H27N3O2. The normalized spacial score (nSPS) is 34.4. The van der Waals surface area contributed by atoms with Crippen LogP contribution >= 0.6 is 0 Å². The van der Waals surface area contributed by atoms with Gasteiger partial charge >= 0.3 is 0 Å². The molecule has 0 radical (unpaired) electrons. The first-order valence-electron chi connectivity index (χ1n) is 8.52. The summed E-state index contributed by atoms with van der Waals surface area (Å²) in [6.45, 7) is 6.09. The molecular weight excluding hydrogens is 266 g/mol. The Morgan fingerprint density at radius 2 is 1.90 bits per heavy atom. The number of nitrogens with zero attached hydrogens (tertiary/aromatic N) is 2. The van der Waals surface area contributed by atoms with Gasteiger partial charge in [-0.05, 0) is 32.1 Å². The Bertz CT molecular complexity index is 422. The van der Waals surface area contributed by atoms with Crippen molar-refractivity contribution < 1.29 is 9.59 Å². The van der Waals surface area contributed by atoms with Gasteiger partial charge in [-0.15, -0.1) is 0 Å². The van der Waals surface area contributed by atoms with Crippen LogP contribution in [0.1, 0.15) is 52.4 Å². The number of piperazine rings is 1. The van der Waals surface area contributed by atoms with Crippen molar-refractivity contribution in [1.29, 1.82) is 0 Å². The topological polar surface area (TPSA) is 52.7 Å². The third-order valence-corrected chi connectivity index (χ3v) is 5.12. The van der Waals surface area contributed by atoms with Crippen LogP contribution in [0.25, 0.3) is 0 Å². The van der Waals surface area contributed by atoms with Crippen LogP contribution in [-0.2, 0) is 9.59 Å². The summed E-state index contributed by atoms with van der Waals surface area (Å²) in [6, 6.07) is 0.402. The maximum absolute atomic E-state index is 12.8. The van der Waals surface area contributed by atoms with E-state index < -0.39 is 0 Å². The summed E-state index contributed by atoms with van der Waals surface area (Å²) >= 11 is 0. The third kappa shape index (κ3) is 2.80. The molecule has 3 fully saturated rings. The lowest BCUT2D eigenvalue weighted by Gasteiger charge is -2.42. The zero-order chi connectivity index (χ0) is 15.0. The van der Waals surface area contributed by atoms with Crippen LogP contribution in [-0.4, -0.2) is 58.9 Å². The zero-order valence-electron chi connectivity index (χ0n) is 13.2. The second-order valence-electron chi connectivity index (χ2n) is 6.69. The molecule has 3 rings (SSSR count). The summed E-state index contributed by atoms with van der Waals surface area (Å²) in [5.41, 5.74) is 0. The molecule has 2 amide bonds. The lowest BCUT2D eigenvalue weighted by atomic mass is 9.99. The quantitative estimate of drug-likeness (QED) is 0.827. The van der Waals surface area contributed by atoms with Gasteiger partial charge in [0.05, 0.1) is 0 Å². The van der Waals surface area contributed by atoms with Crippen molar-refractivity contribution in [3.8, 4) is 0 Å². The lowest BCUT2D eigenvalue weighted by molar-refractivity contribution is -0.152. The predicted molar refractivity (Wildman–Crippen MR) is 80.8 cm³/mol. The third-order valence-electron chi connectivity index (χ3n) is 5.12. The molecule has 21 heavy (non-hydrogen) atoms. The monoisotopic (exact) mass is 293 g/mol. The van der Waals surface area contributed by atoms with Gasteiger partial charge in [0.2, 0.25) is 11.8 Å². The SMILES string of the molecule is CCCC1NC(=O)C(CC)N(C2CCN(C3CC3)C2)C1=O. The smallest absolute Gasteiger partial charge is 0.246 e. The van der Waals surface area contributed by atoms with E-state index in [4.69, 9.17) is 0 Å². The second-order valence-corrected chi connectivity index (χ2v) is 6.69. The molecule has 5 nitrogen and oxygen atoms in total. The number of amides is 2. The van der Waals surface area contributed by atoms with Crippen LogP contribution in [0, 0.1) is 0 Å². The van der Waals surface area contributed by atoms with Gasteiger partial charge in [-0.1, -0.05) is 20.3 Å². The van der Waals surface area contributed by atoms with Crippen LogP contribution in [0.15, 0.2) is 0 Å². The molecule has 118 valence electrons. The van der Waals surface area contributed by atoms with E-state index in [1.165, 1.54) is 12.8 Å². The fourth-order valence-electron chi connectivity index (χ4n) is 3.86.